The zero-order valence-corrected chi connectivity index (χ0v) is 7.33. The average molecular weight is 180 g/mol. The first-order valence-electron chi connectivity index (χ1n) is 4.13. The van der Waals surface area contributed by atoms with Gasteiger partial charge in [0.1, 0.15) is 5.82 Å². The average Bonchev–Trinajstić information content (AvgIpc) is 2.17. The molecule has 0 aliphatic rings. The molecule has 0 amide bonds. The van der Waals surface area contributed by atoms with Crippen molar-refractivity contribution in [3.63, 3.8) is 0 Å². The van der Waals surface area contributed by atoms with Crippen LogP contribution in [0.25, 0.3) is 6.08 Å². The summed E-state index contributed by atoms with van der Waals surface area (Å²) in [5, 5.41) is 0. The Morgan fingerprint density at radius 3 is 2.69 bits per heavy atom. The Labute approximate surface area is 77.0 Å². The Hall–Kier alpha value is -1.19. The molecule has 1 aromatic rings. The molecule has 70 valence electrons. The Bertz CT molecular complexity index is 308. The van der Waals surface area contributed by atoms with Crippen molar-refractivity contribution in [1.82, 2.24) is 0 Å². The minimum atomic E-state index is -0.248. The van der Waals surface area contributed by atoms with Crippen LogP contribution >= 0.6 is 0 Å². The van der Waals surface area contributed by atoms with Gasteiger partial charge < -0.3 is 11.5 Å². The Kier molecular flexibility index (Phi) is 3.61. The molecule has 0 bridgehead atoms. The van der Waals surface area contributed by atoms with Crippen LogP contribution in [0.4, 0.5) is 4.39 Å². The van der Waals surface area contributed by atoms with E-state index < -0.39 is 0 Å². The largest absolute Gasteiger partial charge is 0.327 e. The number of hydrogen-bond donors (Lipinski definition) is 2. The number of halogens is 1. The second-order valence-corrected chi connectivity index (χ2v) is 2.70. The lowest BCUT2D eigenvalue weighted by atomic mass is 10.1. The van der Waals surface area contributed by atoms with E-state index in [1.54, 1.807) is 24.3 Å². The van der Waals surface area contributed by atoms with Crippen LogP contribution in [-0.4, -0.2) is 6.54 Å². The Morgan fingerprint density at radius 1 is 1.31 bits per heavy atom. The Balaban J connectivity index is 2.97. The topological polar surface area (TPSA) is 52.0 Å². The van der Waals surface area contributed by atoms with E-state index in [-0.39, 0.29) is 5.82 Å². The number of hydrogen-bond acceptors (Lipinski definition) is 2. The van der Waals surface area contributed by atoms with Gasteiger partial charge in [0.15, 0.2) is 0 Å². The van der Waals surface area contributed by atoms with Gasteiger partial charge in [-0.1, -0.05) is 18.2 Å². The second-order valence-electron chi connectivity index (χ2n) is 2.70. The van der Waals surface area contributed by atoms with Crippen molar-refractivity contribution in [2.45, 2.75) is 6.54 Å². The minimum absolute atomic E-state index is 0.248. The van der Waals surface area contributed by atoms with Gasteiger partial charge in [0.05, 0.1) is 0 Å². The summed E-state index contributed by atoms with van der Waals surface area (Å²) in [7, 11) is 0. The van der Waals surface area contributed by atoms with E-state index in [1.807, 2.05) is 0 Å². The Morgan fingerprint density at radius 2 is 2.08 bits per heavy atom. The van der Waals surface area contributed by atoms with Gasteiger partial charge in [-0.3, -0.25) is 0 Å². The third-order valence-electron chi connectivity index (χ3n) is 1.73. The zero-order valence-electron chi connectivity index (χ0n) is 7.33. The summed E-state index contributed by atoms with van der Waals surface area (Å²) in [5.74, 6) is -0.248. The molecule has 0 aliphatic heterocycles. The van der Waals surface area contributed by atoms with Crippen LogP contribution < -0.4 is 11.5 Å². The van der Waals surface area contributed by atoms with Crippen LogP contribution in [0.3, 0.4) is 0 Å². The van der Waals surface area contributed by atoms with Gasteiger partial charge in [-0.25, -0.2) is 4.39 Å². The van der Waals surface area contributed by atoms with Crippen molar-refractivity contribution < 1.29 is 4.39 Å². The maximum Gasteiger partial charge on any atom is 0.130 e. The van der Waals surface area contributed by atoms with Crippen molar-refractivity contribution in [1.29, 1.82) is 0 Å². The lowest BCUT2D eigenvalue weighted by Crippen LogP contribution is -1.97. The van der Waals surface area contributed by atoms with E-state index in [4.69, 9.17) is 11.5 Å². The molecule has 0 atom stereocenters. The lowest BCUT2D eigenvalue weighted by molar-refractivity contribution is 0.624. The van der Waals surface area contributed by atoms with E-state index >= 15 is 0 Å². The van der Waals surface area contributed by atoms with Gasteiger partial charge in [0, 0.05) is 18.7 Å². The molecule has 0 heterocycles. The third-order valence-corrected chi connectivity index (χ3v) is 1.73. The molecule has 0 aliphatic carbocycles. The van der Waals surface area contributed by atoms with Crippen molar-refractivity contribution in [3.8, 4) is 0 Å². The zero-order chi connectivity index (χ0) is 9.68. The van der Waals surface area contributed by atoms with E-state index in [9.17, 15) is 4.39 Å². The fraction of sp³-hybridized carbons (Fsp3) is 0.200. The monoisotopic (exact) mass is 180 g/mol. The molecule has 0 saturated carbocycles. The van der Waals surface area contributed by atoms with Crippen molar-refractivity contribution in [2.24, 2.45) is 11.5 Å². The minimum Gasteiger partial charge on any atom is -0.327 e. The summed E-state index contributed by atoms with van der Waals surface area (Å²) >= 11 is 0. The fourth-order valence-electron chi connectivity index (χ4n) is 1.04. The van der Waals surface area contributed by atoms with Gasteiger partial charge in [-0.05, 0) is 17.7 Å². The summed E-state index contributed by atoms with van der Waals surface area (Å²) in [6.45, 7) is 0.829. The maximum atomic E-state index is 13.1. The molecule has 1 rings (SSSR count). The summed E-state index contributed by atoms with van der Waals surface area (Å²) in [6.07, 6.45) is 3.37. The van der Waals surface area contributed by atoms with Crippen molar-refractivity contribution in [3.05, 3.63) is 41.2 Å². The van der Waals surface area contributed by atoms with E-state index in [0.717, 1.165) is 5.56 Å². The van der Waals surface area contributed by atoms with Crippen LogP contribution in [-0.2, 0) is 6.54 Å². The van der Waals surface area contributed by atoms with Crippen LogP contribution in [0.2, 0.25) is 0 Å². The van der Waals surface area contributed by atoms with Gasteiger partial charge >= 0.3 is 0 Å². The highest BCUT2D eigenvalue weighted by Crippen LogP contribution is 2.11. The van der Waals surface area contributed by atoms with E-state index in [2.05, 4.69) is 0 Å². The molecule has 0 radical (unpaired) electrons. The van der Waals surface area contributed by atoms with Crippen molar-refractivity contribution in [2.75, 3.05) is 6.54 Å². The molecule has 0 unspecified atom stereocenters. The summed E-state index contributed by atoms with van der Waals surface area (Å²) in [5.41, 5.74) is 12.1. The first kappa shape index (κ1) is 9.89. The highest BCUT2D eigenvalue weighted by Gasteiger charge is 1.98. The normalized spacial score (nSPS) is 11.0. The van der Waals surface area contributed by atoms with Crippen LogP contribution in [0.15, 0.2) is 24.3 Å². The summed E-state index contributed by atoms with van der Waals surface area (Å²) < 4.78 is 13.1. The molecule has 4 N–H and O–H groups in total. The number of rotatable bonds is 3. The molecule has 0 spiro atoms. The first-order valence-corrected chi connectivity index (χ1v) is 4.13. The number of benzene rings is 1. The summed E-state index contributed by atoms with van der Waals surface area (Å²) in [6, 6.07) is 4.81. The molecule has 13 heavy (non-hydrogen) atoms. The predicted molar refractivity (Wildman–Crippen MR) is 52.4 cm³/mol. The first-order chi connectivity index (χ1) is 6.27. The van der Waals surface area contributed by atoms with E-state index in [0.29, 0.717) is 18.7 Å². The van der Waals surface area contributed by atoms with Gasteiger partial charge in [-0.2, -0.15) is 0 Å². The standard InChI is InChI=1S/C10H13FN2/c11-10-4-3-8(7-13)6-9(10)2-1-5-12/h1-4,6H,5,7,12-13H2. The van der Waals surface area contributed by atoms with Crippen molar-refractivity contribution >= 4 is 6.08 Å². The predicted octanol–water partition coefficient (Wildman–Crippen LogP) is 1.26. The molecular weight excluding hydrogens is 167 g/mol. The fourth-order valence-corrected chi connectivity index (χ4v) is 1.04. The highest BCUT2D eigenvalue weighted by molar-refractivity contribution is 5.51. The molecule has 3 heteroatoms. The molecular formula is C10H13FN2. The molecule has 1 aromatic carbocycles. The second kappa shape index (κ2) is 4.74. The third kappa shape index (κ3) is 2.65. The number of nitrogens with two attached hydrogens (primary N) is 2. The van der Waals surface area contributed by atoms with E-state index in [1.165, 1.54) is 6.07 Å². The molecule has 0 aromatic heterocycles. The van der Waals surface area contributed by atoms with Crippen LogP contribution in [0.5, 0.6) is 0 Å². The molecule has 2 nitrogen and oxygen atoms in total. The van der Waals surface area contributed by atoms with Gasteiger partial charge in [0.25, 0.3) is 0 Å². The highest BCUT2D eigenvalue weighted by atomic mass is 19.1. The lowest BCUT2D eigenvalue weighted by Gasteiger charge is -2.00. The molecule has 0 saturated heterocycles. The smallest absolute Gasteiger partial charge is 0.130 e. The SMILES string of the molecule is NCC=Cc1cc(CN)ccc1F. The molecule has 0 fully saturated rings. The van der Waals surface area contributed by atoms with Crippen LogP contribution in [0, 0.1) is 5.82 Å². The maximum absolute atomic E-state index is 13.1. The van der Waals surface area contributed by atoms with Crippen LogP contribution in [0.1, 0.15) is 11.1 Å². The quantitative estimate of drug-likeness (QED) is 0.735. The van der Waals surface area contributed by atoms with Gasteiger partial charge in [-0.15, -0.1) is 0 Å². The summed E-state index contributed by atoms with van der Waals surface area (Å²) in [4.78, 5) is 0. The van der Waals surface area contributed by atoms with Gasteiger partial charge in [0.2, 0.25) is 0 Å².